The van der Waals surface area contributed by atoms with E-state index in [2.05, 4.69) is 5.32 Å². The zero-order valence-electron chi connectivity index (χ0n) is 13.1. The normalized spacial score (nSPS) is 20.7. The number of halogens is 2. The number of carbonyl (C=O) groups is 4. The smallest absolute Gasteiger partial charge is 0.317 e. The molecular weight excluding hydrogens is 355 g/mol. The predicted molar refractivity (Wildman–Crippen MR) is 89.5 cm³/mol. The van der Waals surface area contributed by atoms with Crippen molar-refractivity contribution in [1.82, 2.24) is 10.2 Å². The average Bonchev–Trinajstić information content (AvgIpc) is 2.45. The first kappa shape index (κ1) is 18.4. The highest BCUT2D eigenvalue weighted by atomic mass is 35.5. The number of hydrogen-bond donors (Lipinski definition) is 1. The van der Waals surface area contributed by atoms with Crippen LogP contribution in [0.25, 0.3) is 0 Å². The van der Waals surface area contributed by atoms with Crippen molar-refractivity contribution in [3.05, 3.63) is 33.8 Å². The van der Waals surface area contributed by atoms with Gasteiger partial charge in [-0.25, -0.2) is 4.79 Å². The van der Waals surface area contributed by atoms with Crippen LogP contribution in [0.15, 0.2) is 18.2 Å². The number of benzene rings is 1. The number of carbonyl (C=O) groups excluding carboxylic acids is 4. The van der Waals surface area contributed by atoms with Gasteiger partial charge >= 0.3 is 6.03 Å². The molecule has 1 aromatic rings. The molecule has 1 aromatic carbocycles. The molecule has 2 rings (SSSR count). The van der Waals surface area contributed by atoms with E-state index in [9.17, 15) is 19.2 Å². The van der Waals surface area contributed by atoms with Gasteiger partial charge in [-0.15, -0.1) is 0 Å². The lowest BCUT2D eigenvalue weighted by molar-refractivity contribution is -0.134. The van der Waals surface area contributed by atoms with E-state index in [-0.39, 0.29) is 23.4 Å². The first-order valence-corrected chi connectivity index (χ1v) is 7.98. The fourth-order valence-corrected chi connectivity index (χ4v) is 3.02. The number of hydrogen-bond acceptors (Lipinski definition) is 4. The van der Waals surface area contributed by atoms with Gasteiger partial charge < -0.3 is 10.2 Å². The molecule has 0 heterocycles. The monoisotopic (exact) mass is 370 g/mol. The Labute approximate surface area is 149 Å². The molecule has 0 unspecified atom stereocenters. The van der Waals surface area contributed by atoms with Crippen molar-refractivity contribution in [3.8, 4) is 0 Å². The molecule has 24 heavy (non-hydrogen) atoms. The van der Waals surface area contributed by atoms with E-state index in [1.54, 1.807) is 14.1 Å². The van der Waals surface area contributed by atoms with Crippen molar-refractivity contribution < 1.29 is 19.2 Å². The maximum atomic E-state index is 12.5. The van der Waals surface area contributed by atoms with Crippen molar-refractivity contribution >= 4 is 46.6 Å². The Kier molecular flexibility index (Phi) is 5.62. The lowest BCUT2D eigenvalue weighted by Gasteiger charge is -2.27. The third-order valence-electron chi connectivity index (χ3n) is 3.73. The Balaban J connectivity index is 2.15. The number of rotatable bonds is 3. The molecule has 8 heteroatoms. The minimum atomic E-state index is -1.38. The van der Waals surface area contributed by atoms with Crippen LogP contribution in [0.5, 0.6) is 0 Å². The zero-order chi connectivity index (χ0) is 18.0. The molecule has 0 aliphatic heterocycles. The van der Waals surface area contributed by atoms with Gasteiger partial charge in [0.1, 0.15) is 5.92 Å². The largest absolute Gasteiger partial charge is 0.334 e. The van der Waals surface area contributed by atoms with Gasteiger partial charge in [0, 0.05) is 43.6 Å². The minimum absolute atomic E-state index is 0.0765. The van der Waals surface area contributed by atoms with Gasteiger partial charge in [0.25, 0.3) is 0 Å². The summed E-state index contributed by atoms with van der Waals surface area (Å²) in [6.07, 6.45) is -0.153. The standard InChI is InChI=1S/C16H16Cl2N2O4/c1-20(2)16(24)19-9-6-12(21)14(13(22)7-9)15(23)10-4-3-8(17)5-11(10)18/h3-5,9,14H,6-7H2,1-2H3,(H,19,24). The quantitative estimate of drug-likeness (QED) is 0.653. The molecule has 128 valence electrons. The molecule has 1 saturated carbocycles. The SMILES string of the molecule is CN(C)C(=O)NC1CC(=O)C(C(=O)c2ccc(Cl)cc2Cl)C(=O)C1. The molecule has 0 atom stereocenters. The summed E-state index contributed by atoms with van der Waals surface area (Å²) < 4.78 is 0. The molecule has 1 fully saturated rings. The van der Waals surface area contributed by atoms with E-state index in [4.69, 9.17) is 23.2 Å². The molecule has 0 aromatic heterocycles. The Hall–Kier alpha value is -1.92. The Morgan fingerprint density at radius 1 is 1.12 bits per heavy atom. The van der Waals surface area contributed by atoms with Gasteiger partial charge in [0.05, 0.1) is 5.02 Å². The second-order valence-corrected chi connectivity index (χ2v) is 6.65. The highest BCUT2D eigenvalue weighted by Gasteiger charge is 2.41. The first-order valence-electron chi connectivity index (χ1n) is 7.23. The van der Waals surface area contributed by atoms with Crippen LogP contribution >= 0.6 is 23.2 Å². The number of amides is 2. The summed E-state index contributed by atoms with van der Waals surface area (Å²) in [7, 11) is 3.10. The van der Waals surface area contributed by atoms with Gasteiger partial charge in [-0.05, 0) is 18.2 Å². The van der Waals surface area contributed by atoms with Crippen molar-refractivity contribution in [2.45, 2.75) is 18.9 Å². The van der Waals surface area contributed by atoms with E-state index in [1.807, 2.05) is 0 Å². The Bertz CT molecular complexity index is 700. The molecular formula is C16H16Cl2N2O4. The highest BCUT2D eigenvalue weighted by molar-refractivity contribution is 6.38. The summed E-state index contributed by atoms with van der Waals surface area (Å²) in [4.78, 5) is 50.0. The predicted octanol–water partition coefficient (Wildman–Crippen LogP) is 2.36. The number of nitrogens with one attached hydrogen (secondary N) is 1. The lowest BCUT2D eigenvalue weighted by atomic mass is 9.79. The van der Waals surface area contributed by atoms with E-state index < -0.39 is 35.3 Å². The van der Waals surface area contributed by atoms with Gasteiger partial charge in [-0.1, -0.05) is 23.2 Å². The van der Waals surface area contributed by atoms with E-state index in [0.717, 1.165) is 0 Å². The number of Topliss-reactive ketones (excluding diaryl/α,β-unsaturated/α-hetero) is 3. The van der Waals surface area contributed by atoms with Gasteiger partial charge in [0.15, 0.2) is 17.3 Å². The molecule has 2 amide bonds. The summed E-state index contributed by atoms with van der Waals surface area (Å²) in [5, 5.41) is 3.03. The fraction of sp³-hybridized carbons (Fsp3) is 0.375. The summed E-state index contributed by atoms with van der Waals surface area (Å²) in [5.74, 6) is -3.06. The molecule has 1 N–H and O–H groups in total. The topological polar surface area (TPSA) is 83.6 Å². The lowest BCUT2D eigenvalue weighted by Crippen LogP contribution is -2.49. The van der Waals surface area contributed by atoms with Crippen LogP contribution in [0.4, 0.5) is 4.79 Å². The zero-order valence-corrected chi connectivity index (χ0v) is 14.6. The van der Waals surface area contributed by atoms with E-state index in [1.165, 1.54) is 23.1 Å². The molecule has 1 aliphatic rings. The molecule has 0 radical (unpaired) electrons. The second-order valence-electron chi connectivity index (χ2n) is 5.80. The third-order valence-corrected chi connectivity index (χ3v) is 4.28. The summed E-state index contributed by atoms with van der Waals surface area (Å²) in [6.45, 7) is 0. The molecule has 0 spiro atoms. The van der Waals surface area contributed by atoms with Gasteiger partial charge in [-0.3, -0.25) is 14.4 Å². The Morgan fingerprint density at radius 3 is 2.21 bits per heavy atom. The van der Waals surface area contributed by atoms with Crippen molar-refractivity contribution in [2.75, 3.05) is 14.1 Å². The number of ketones is 3. The van der Waals surface area contributed by atoms with Crippen molar-refractivity contribution in [1.29, 1.82) is 0 Å². The molecule has 0 saturated heterocycles. The van der Waals surface area contributed by atoms with Crippen LogP contribution < -0.4 is 5.32 Å². The molecule has 0 bridgehead atoms. The fourth-order valence-electron chi connectivity index (χ4n) is 2.52. The maximum absolute atomic E-state index is 12.5. The second kappa shape index (κ2) is 7.32. The van der Waals surface area contributed by atoms with Crippen LogP contribution in [0.2, 0.25) is 10.0 Å². The minimum Gasteiger partial charge on any atom is -0.334 e. The summed E-state index contributed by atoms with van der Waals surface area (Å²) >= 11 is 11.8. The van der Waals surface area contributed by atoms with Crippen LogP contribution in [-0.2, 0) is 9.59 Å². The van der Waals surface area contributed by atoms with Gasteiger partial charge in [0.2, 0.25) is 0 Å². The van der Waals surface area contributed by atoms with Crippen molar-refractivity contribution in [2.24, 2.45) is 5.92 Å². The van der Waals surface area contributed by atoms with E-state index >= 15 is 0 Å². The first-order chi connectivity index (χ1) is 11.2. The van der Waals surface area contributed by atoms with Crippen molar-refractivity contribution in [3.63, 3.8) is 0 Å². The van der Waals surface area contributed by atoms with Crippen LogP contribution in [0.3, 0.4) is 0 Å². The van der Waals surface area contributed by atoms with E-state index in [0.29, 0.717) is 5.02 Å². The number of nitrogens with zero attached hydrogens (tertiary/aromatic N) is 1. The molecule has 6 nitrogen and oxygen atoms in total. The van der Waals surface area contributed by atoms with Crippen LogP contribution in [0, 0.1) is 5.92 Å². The van der Waals surface area contributed by atoms with Crippen LogP contribution in [-0.4, -0.2) is 48.4 Å². The van der Waals surface area contributed by atoms with Gasteiger partial charge in [-0.2, -0.15) is 0 Å². The summed E-state index contributed by atoms with van der Waals surface area (Å²) in [6, 6.07) is 3.25. The summed E-state index contributed by atoms with van der Waals surface area (Å²) in [5.41, 5.74) is 0.0866. The number of urea groups is 1. The Morgan fingerprint density at radius 2 is 1.71 bits per heavy atom. The van der Waals surface area contributed by atoms with Crippen LogP contribution in [0.1, 0.15) is 23.2 Å². The third kappa shape index (κ3) is 3.94. The highest BCUT2D eigenvalue weighted by Crippen LogP contribution is 2.27. The average molecular weight is 371 g/mol. The molecule has 1 aliphatic carbocycles. The maximum Gasteiger partial charge on any atom is 0.317 e.